The summed E-state index contributed by atoms with van der Waals surface area (Å²) in [4.78, 5) is 4.06. The summed E-state index contributed by atoms with van der Waals surface area (Å²) in [7, 11) is 0. The summed E-state index contributed by atoms with van der Waals surface area (Å²) in [6.45, 7) is 3.69. The van der Waals surface area contributed by atoms with E-state index in [0.717, 1.165) is 17.6 Å². The summed E-state index contributed by atoms with van der Waals surface area (Å²) >= 11 is 0. The molecular weight excluding hydrogens is 189 g/mol. The lowest BCUT2D eigenvalue weighted by Crippen LogP contribution is -2.30. The van der Waals surface area contributed by atoms with Crippen LogP contribution in [0.15, 0.2) is 36.2 Å². The molecule has 0 amide bonds. The molecule has 15 heavy (non-hydrogen) atoms. The van der Waals surface area contributed by atoms with Gasteiger partial charge in [-0.2, -0.15) is 0 Å². The van der Waals surface area contributed by atoms with E-state index in [1.165, 1.54) is 0 Å². The molecule has 2 rings (SSSR count). The van der Waals surface area contributed by atoms with Gasteiger partial charge in [0.25, 0.3) is 0 Å². The molecule has 0 saturated carbocycles. The summed E-state index contributed by atoms with van der Waals surface area (Å²) in [5.74, 6) is -0.0464. The van der Waals surface area contributed by atoms with Crippen molar-refractivity contribution >= 4 is 0 Å². The maximum absolute atomic E-state index is 14.4. The zero-order valence-electron chi connectivity index (χ0n) is 9.20. The molecule has 1 aromatic rings. The van der Waals surface area contributed by atoms with Crippen LogP contribution in [-0.4, -0.2) is 10.7 Å². The molecule has 2 heteroatoms. The van der Waals surface area contributed by atoms with Crippen LogP contribution in [-0.2, 0) is 0 Å². The number of pyridine rings is 1. The minimum Gasteiger partial charge on any atom is -0.264 e. The molecule has 0 aliphatic heterocycles. The predicted molar refractivity (Wildman–Crippen MR) is 59.5 cm³/mol. The van der Waals surface area contributed by atoms with Crippen molar-refractivity contribution < 1.29 is 4.39 Å². The summed E-state index contributed by atoms with van der Waals surface area (Å²) in [6, 6.07) is 3.83. The van der Waals surface area contributed by atoms with E-state index in [2.05, 4.69) is 11.1 Å². The zero-order valence-corrected chi connectivity index (χ0v) is 9.20. The lowest BCUT2D eigenvalue weighted by Gasteiger charge is -2.34. The van der Waals surface area contributed by atoms with Crippen molar-refractivity contribution in [1.29, 1.82) is 0 Å². The molecule has 0 spiro atoms. The fourth-order valence-electron chi connectivity index (χ4n) is 2.37. The molecule has 1 aliphatic carbocycles. The largest absolute Gasteiger partial charge is 0.264 e. The van der Waals surface area contributed by atoms with Gasteiger partial charge in [0.15, 0.2) is 0 Å². The first-order chi connectivity index (χ1) is 7.09. The van der Waals surface area contributed by atoms with E-state index in [1.54, 1.807) is 19.3 Å². The van der Waals surface area contributed by atoms with Crippen LogP contribution >= 0.6 is 0 Å². The highest BCUT2D eigenvalue weighted by Gasteiger charge is 2.37. The normalized spacial score (nSPS) is 31.1. The number of aromatic nitrogens is 1. The maximum Gasteiger partial charge on any atom is 0.119 e. The molecule has 0 aromatic carbocycles. The van der Waals surface area contributed by atoms with Gasteiger partial charge in [-0.05, 0) is 31.9 Å². The van der Waals surface area contributed by atoms with Gasteiger partial charge in [0.05, 0.1) is 0 Å². The highest BCUT2D eigenvalue weighted by molar-refractivity contribution is 5.25. The molecule has 1 aromatic heterocycles. The lowest BCUT2D eigenvalue weighted by molar-refractivity contribution is 0.139. The number of rotatable bonds is 1. The minimum atomic E-state index is -1.14. The van der Waals surface area contributed by atoms with Crippen molar-refractivity contribution in [3.8, 4) is 0 Å². The monoisotopic (exact) mass is 205 g/mol. The molecule has 80 valence electrons. The van der Waals surface area contributed by atoms with Crippen LogP contribution in [0.2, 0.25) is 0 Å². The van der Waals surface area contributed by atoms with E-state index in [1.807, 2.05) is 19.1 Å². The number of allylic oxidation sites excluding steroid dienone is 2. The minimum absolute atomic E-state index is 0.0464. The summed E-state index contributed by atoms with van der Waals surface area (Å²) in [6.07, 6.45) is 6.95. The predicted octanol–water partition coefficient (Wildman–Crippen LogP) is 3.63. The third-order valence-electron chi connectivity index (χ3n) is 3.14. The van der Waals surface area contributed by atoms with Gasteiger partial charge in [-0.15, -0.1) is 0 Å². The first-order valence-corrected chi connectivity index (χ1v) is 5.34. The first-order valence-electron chi connectivity index (χ1n) is 5.34. The van der Waals surface area contributed by atoms with Gasteiger partial charge >= 0.3 is 0 Å². The van der Waals surface area contributed by atoms with E-state index in [0.29, 0.717) is 6.42 Å². The molecule has 0 radical (unpaired) electrons. The number of nitrogens with zero attached hydrogens (tertiary/aromatic N) is 1. The van der Waals surface area contributed by atoms with Gasteiger partial charge in [-0.3, -0.25) is 4.98 Å². The van der Waals surface area contributed by atoms with Gasteiger partial charge in [-0.25, -0.2) is 4.39 Å². The average molecular weight is 205 g/mol. The molecule has 0 saturated heterocycles. The molecule has 2 atom stereocenters. The first kappa shape index (κ1) is 10.3. The van der Waals surface area contributed by atoms with E-state index in [-0.39, 0.29) is 5.92 Å². The highest BCUT2D eigenvalue weighted by Crippen LogP contribution is 2.42. The van der Waals surface area contributed by atoms with Crippen molar-refractivity contribution in [2.75, 3.05) is 0 Å². The van der Waals surface area contributed by atoms with Crippen molar-refractivity contribution in [1.82, 2.24) is 4.98 Å². The van der Waals surface area contributed by atoms with Crippen LogP contribution < -0.4 is 0 Å². The molecule has 0 N–H and O–H groups in total. The Bertz CT molecular complexity index is 367. The Hall–Kier alpha value is -1.18. The highest BCUT2D eigenvalue weighted by atomic mass is 19.1. The number of hydrogen-bond donors (Lipinski definition) is 0. The maximum atomic E-state index is 14.4. The van der Waals surface area contributed by atoms with Gasteiger partial charge in [0.2, 0.25) is 0 Å². The Morgan fingerprint density at radius 3 is 2.93 bits per heavy atom. The molecule has 2 unspecified atom stereocenters. The topological polar surface area (TPSA) is 12.9 Å². The second-order valence-corrected chi connectivity index (χ2v) is 4.58. The van der Waals surface area contributed by atoms with Gasteiger partial charge in [-0.1, -0.05) is 17.7 Å². The van der Waals surface area contributed by atoms with Crippen LogP contribution in [0.1, 0.15) is 38.2 Å². The molecule has 0 bridgehead atoms. The van der Waals surface area contributed by atoms with Crippen LogP contribution in [0.25, 0.3) is 0 Å². The summed E-state index contributed by atoms with van der Waals surface area (Å²) in [5.41, 5.74) is 1.02. The molecular formula is C13H16FN. The summed E-state index contributed by atoms with van der Waals surface area (Å²) < 4.78 is 14.4. The number of halogens is 1. The Labute approximate surface area is 90.0 Å². The Morgan fingerprint density at radius 1 is 1.53 bits per heavy atom. The van der Waals surface area contributed by atoms with Crippen molar-refractivity contribution in [2.24, 2.45) is 0 Å². The second-order valence-electron chi connectivity index (χ2n) is 4.58. The zero-order chi connectivity index (χ0) is 10.9. The second kappa shape index (κ2) is 3.76. The van der Waals surface area contributed by atoms with E-state index in [9.17, 15) is 4.39 Å². The smallest absolute Gasteiger partial charge is 0.119 e. The standard InChI is InChI=1S/C13H16FN/c1-10-5-6-12(13(2,14)8-10)11-4-3-7-15-9-11/h3-5,7,9,12H,6,8H2,1-2H3. The van der Waals surface area contributed by atoms with Crippen LogP contribution in [0.5, 0.6) is 0 Å². The molecule has 1 heterocycles. The summed E-state index contributed by atoms with van der Waals surface area (Å²) in [5, 5.41) is 0. The third kappa shape index (κ3) is 2.09. The number of hydrogen-bond acceptors (Lipinski definition) is 1. The van der Waals surface area contributed by atoms with Gasteiger partial charge < -0.3 is 0 Å². The fraction of sp³-hybridized carbons (Fsp3) is 0.462. The lowest BCUT2D eigenvalue weighted by atomic mass is 9.75. The third-order valence-corrected chi connectivity index (χ3v) is 3.14. The van der Waals surface area contributed by atoms with Crippen molar-refractivity contribution in [2.45, 2.75) is 38.3 Å². The quantitative estimate of drug-likeness (QED) is 0.638. The van der Waals surface area contributed by atoms with Crippen molar-refractivity contribution in [3.63, 3.8) is 0 Å². The average Bonchev–Trinajstić information content (AvgIpc) is 2.17. The number of alkyl halides is 1. The van der Waals surface area contributed by atoms with Crippen LogP contribution in [0.4, 0.5) is 4.39 Å². The Kier molecular flexibility index (Phi) is 2.59. The molecule has 1 nitrogen and oxygen atoms in total. The molecule has 1 aliphatic rings. The fourth-order valence-corrected chi connectivity index (χ4v) is 2.37. The SMILES string of the molecule is CC1=CCC(c2cccnc2)C(C)(F)C1. The van der Waals surface area contributed by atoms with E-state index < -0.39 is 5.67 Å². The van der Waals surface area contributed by atoms with Gasteiger partial charge in [0.1, 0.15) is 5.67 Å². The van der Waals surface area contributed by atoms with Crippen LogP contribution in [0, 0.1) is 0 Å². The Balaban J connectivity index is 2.31. The van der Waals surface area contributed by atoms with E-state index >= 15 is 0 Å². The Morgan fingerprint density at radius 2 is 2.33 bits per heavy atom. The van der Waals surface area contributed by atoms with Gasteiger partial charge in [0, 0.05) is 24.7 Å². The molecule has 0 fully saturated rings. The van der Waals surface area contributed by atoms with Crippen molar-refractivity contribution in [3.05, 3.63) is 41.7 Å². The van der Waals surface area contributed by atoms with E-state index in [4.69, 9.17) is 0 Å². The van der Waals surface area contributed by atoms with Crippen LogP contribution in [0.3, 0.4) is 0 Å².